The zero-order valence-corrected chi connectivity index (χ0v) is 19.0. The van der Waals surface area contributed by atoms with Gasteiger partial charge in [0, 0.05) is 47.5 Å². The lowest BCUT2D eigenvalue weighted by atomic mass is 9.96. The molecule has 0 aliphatic carbocycles. The number of pyridine rings is 2. The standard InChI is InChI=1S/C26H22ClN5O/c1-16-24(26(27)33)25(20-14-28-15-23-19(20)9-6-12-29-23)31-21-11-10-18(13-22(21)30-16)32(2)17-7-4-3-5-8-17/h3-15,25,30-31H,1-2H3. The Labute approximate surface area is 196 Å². The fourth-order valence-electron chi connectivity index (χ4n) is 4.23. The molecule has 2 aromatic heterocycles. The van der Waals surface area contributed by atoms with Gasteiger partial charge in [0.25, 0.3) is 5.24 Å². The van der Waals surface area contributed by atoms with Crippen LogP contribution in [0, 0.1) is 0 Å². The second-order valence-corrected chi connectivity index (χ2v) is 8.28. The average molecular weight is 456 g/mol. The van der Waals surface area contributed by atoms with Gasteiger partial charge in [0.2, 0.25) is 0 Å². The highest BCUT2D eigenvalue weighted by atomic mass is 35.5. The van der Waals surface area contributed by atoms with E-state index in [9.17, 15) is 4.79 Å². The van der Waals surface area contributed by atoms with Gasteiger partial charge in [-0.2, -0.15) is 0 Å². The molecule has 7 heteroatoms. The van der Waals surface area contributed by atoms with Crippen molar-refractivity contribution in [2.24, 2.45) is 0 Å². The van der Waals surface area contributed by atoms with Gasteiger partial charge in [-0.15, -0.1) is 0 Å². The largest absolute Gasteiger partial charge is 0.372 e. The zero-order valence-electron chi connectivity index (χ0n) is 18.2. The molecule has 1 aliphatic heterocycles. The van der Waals surface area contributed by atoms with E-state index in [0.29, 0.717) is 11.3 Å². The summed E-state index contributed by atoms with van der Waals surface area (Å²) in [4.78, 5) is 23.5. The molecular weight excluding hydrogens is 434 g/mol. The first-order valence-electron chi connectivity index (χ1n) is 10.6. The third kappa shape index (κ3) is 3.90. The highest BCUT2D eigenvalue weighted by Gasteiger charge is 2.29. The summed E-state index contributed by atoms with van der Waals surface area (Å²) in [5, 5.41) is 7.31. The Kier molecular flexibility index (Phi) is 5.44. The quantitative estimate of drug-likeness (QED) is 0.367. The normalized spacial score (nSPS) is 15.3. The van der Waals surface area contributed by atoms with Gasteiger partial charge < -0.3 is 15.5 Å². The maximum absolute atomic E-state index is 12.6. The molecule has 33 heavy (non-hydrogen) atoms. The second-order valence-electron chi connectivity index (χ2n) is 7.94. The van der Waals surface area contributed by atoms with E-state index in [0.717, 1.165) is 39.2 Å². The smallest absolute Gasteiger partial charge is 0.252 e. The van der Waals surface area contributed by atoms with Crippen LogP contribution in [-0.4, -0.2) is 22.3 Å². The maximum Gasteiger partial charge on any atom is 0.252 e. The van der Waals surface area contributed by atoms with Crippen molar-refractivity contribution in [2.75, 3.05) is 22.6 Å². The molecule has 5 rings (SSSR count). The number of benzene rings is 2. The number of carbonyl (C=O) groups is 1. The lowest BCUT2D eigenvalue weighted by Gasteiger charge is -2.23. The molecule has 2 N–H and O–H groups in total. The monoisotopic (exact) mass is 455 g/mol. The van der Waals surface area contributed by atoms with E-state index in [2.05, 4.69) is 43.7 Å². The third-order valence-corrected chi connectivity index (χ3v) is 6.13. The first kappa shape index (κ1) is 21.0. The van der Waals surface area contributed by atoms with Crippen LogP contribution in [-0.2, 0) is 4.79 Å². The van der Waals surface area contributed by atoms with Crippen LogP contribution in [0.5, 0.6) is 0 Å². The average Bonchev–Trinajstić information content (AvgIpc) is 2.98. The minimum atomic E-state index is -0.521. The minimum absolute atomic E-state index is 0.448. The number of rotatable bonds is 4. The van der Waals surface area contributed by atoms with Crippen LogP contribution >= 0.6 is 11.6 Å². The Balaban J connectivity index is 1.61. The van der Waals surface area contributed by atoms with E-state index in [1.807, 2.05) is 56.4 Å². The molecule has 0 bridgehead atoms. The van der Waals surface area contributed by atoms with Gasteiger partial charge in [-0.3, -0.25) is 14.8 Å². The highest BCUT2D eigenvalue weighted by Crippen LogP contribution is 2.40. The fraction of sp³-hybridized carbons (Fsp3) is 0.115. The predicted octanol–water partition coefficient (Wildman–Crippen LogP) is 6.02. The van der Waals surface area contributed by atoms with Gasteiger partial charge in [-0.1, -0.05) is 24.3 Å². The number of para-hydroxylation sites is 1. The predicted molar refractivity (Wildman–Crippen MR) is 134 cm³/mol. The number of fused-ring (bicyclic) bond motifs is 2. The SMILES string of the molecule is CC1=C(C(=O)Cl)C(c2cncc3ncccc23)Nc2ccc(N(C)c3ccccc3)cc2N1. The zero-order chi connectivity index (χ0) is 22.9. The van der Waals surface area contributed by atoms with Crippen molar-refractivity contribution >= 4 is 50.5 Å². The van der Waals surface area contributed by atoms with Crippen molar-refractivity contribution in [3.63, 3.8) is 0 Å². The Morgan fingerprint density at radius 3 is 2.61 bits per heavy atom. The molecule has 1 atom stereocenters. The van der Waals surface area contributed by atoms with E-state index in [-0.39, 0.29) is 0 Å². The summed E-state index contributed by atoms with van der Waals surface area (Å²) in [6, 6.07) is 19.6. The number of hydrogen-bond acceptors (Lipinski definition) is 6. The molecule has 0 saturated carbocycles. The molecule has 0 fully saturated rings. The van der Waals surface area contributed by atoms with E-state index >= 15 is 0 Å². The van der Waals surface area contributed by atoms with Crippen LogP contribution in [0.1, 0.15) is 18.5 Å². The number of carbonyl (C=O) groups excluding carboxylic acids is 1. The van der Waals surface area contributed by atoms with E-state index in [1.165, 1.54) is 0 Å². The fourth-order valence-corrected chi connectivity index (χ4v) is 4.48. The van der Waals surface area contributed by atoms with Gasteiger partial charge in [0.15, 0.2) is 0 Å². The number of anilines is 4. The topological polar surface area (TPSA) is 70.2 Å². The summed E-state index contributed by atoms with van der Waals surface area (Å²) in [5.74, 6) is 0. The molecule has 164 valence electrons. The number of allylic oxidation sites excluding steroid dienone is 1. The minimum Gasteiger partial charge on any atom is -0.372 e. The lowest BCUT2D eigenvalue weighted by Crippen LogP contribution is -2.18. The van der Waals surface area contributed by atoms with Crippen LogP contribution in [0.25, 0.3) is 10.9 Å². The van der Waals surface area contributed by atoms with E-state index in [1.54, 1.807) is 18.6 Å². The Hall–Kier alpha value is -3.90. The van der Waals surface area contributed by atoms with Crippen LogP contribution in [0.2, 0.25) is 0 Å². The van der Waals surface area contributed by atoms with Gasteiger partial charge in [0.1, 0.15) is 0 Å². The van der Waals surface area contributed by atoms with Crippen LogP contribution in [0.15, 0.2) is 90.5 Å². The summed E-state index contributed by atoms with van der Waals surface area (Å²) in [5.41, 5.74) is 6.54. The molecule has 2 aromatic carbocycles. The van der Waals surface area contributed by atoms with Crippen LogP contribution in [0.3, 0.4) is 0 Å². The molecule has 0 saturated heterocycles. The Morgan fingerprint density at radius 2 is 1.82 bits per heavy atom. The first-order chi connectivity index (χ1) is 16.0. The third-order valence-electron chi connectivity index (χ3n) is 5.93. The number of aromatic nitrogens is 2. The van der Waals surface area contributed by atoms with Gasteiger partial charge in [-0.05, 0) is 54.9 Å². The summed E-state index contributed by atoms with van der Waals surface area (Å²) in [6.45, 7) is 1.86. The Morgan fingerprint density at radius 1 is 1.00 bits per heavy atom. The van der Waals surface area contributed by atoms with Crippen LogP contribution < -0.4 is 15.5 Å². The van der Waals surface area contributed by atoms with Crippen molar-refractivity contribution in [2.45, 2.75) is 13.0 Å². The molecule has 0 amide bonds. The molecular formula is C26H22ClN5O. The Bertz CT molecular complexity index is 1380. The number of nitrogens with one attached hydrogen (secondary N) is 2. The van der Waals surface area contributed by atoms with Gasteiger partial charge >= 0.3 is 0 Å². The first-order valence-corrected chi connectivity index (χ1v) is 11.0. The summed E-state index contributed by atoms with van der Waals surface area (Å²) in [7, 11) is 2.02. The molecule has 0 spiro atoms. The van der Waals surface area contributed by atoms with Crippen molar-refractivity contribution in [1.82, 2.24) is 9.97 Å². The summed E-state index contributed by atoms with van der Waals surface area (Å²) >= 11 is 6.10. The summed E-state index contributed by atoms with van der Waals surface area (Å²) < 4.78 is 0. The number of nitrogens with zero attached hydrogens (tertiary/aromatic N) is 3. The molecule has 3 heterocycles. The van der Waals surface area contributed by atoms with E-state index < -0.39 is 11.3 Å². The molecule has 0 radical (unpaired) electrons. The molecule has 4 aromatic rings. The number of hydrogen-bond donors (Lipinski definition) is 2. The van der Waals surface area contributed by atoms with Crippen molar-refractivity contribution in [3.8, 4) is 0 Å². The maximum atomic E-state index is 12.6. The van der Waals surface area contributed by atoms with Crippen molar-refractivity contribution in [3.05, 3.63) is 96.1 Å². The van der Waals surface area contributed by atoms with Crippen LogP contribution in [0.4, 0.5) is 22.7 Å². The lowest BCUT2D eigenvalue weighted by molar-refractivity contribution is -0.108. The highest BCUT2D eigenvalue weighted by molar-refractivity contribution is 6.68. The van der Waals surface area contributed by atoms with Crippen molar-refractivity contribution < 1.29 is 4.79 Å². The number of halogens is 1. The van der Waals surface area contributed by atoms with Gasteiger partial charge in [-0.25, -0.2) is 0 Å². The molecule has 1 aliphatic rings. The van der Waals surface area contributed by atoms with Crippen molar-refractivity contribution in [1.29, 1.82) is 0 Å². The van der Waals surface area contributed by atoms with Gasteiger partial charge in [0.05, 0.1) is 34.7 Å². The molecule has 6 nitrogen and oxygen atoms in total. The summed E-state index contributed by atoms with van der Waals surface area (Å²) in [6.07, 6.45) is 5.20. The molecule has 1 unspecified atom stereocenters. The second kappa shape index (κ2) is 8.56. The van der Waals surface area contributed by atoms with E-state index in [4.69, 9.17) is 11.6 Å².